The highest BCUT2D eigenvalue weighted by atomic mass is 35.5. The van der Waals surface area contributed by atoms with E-state index in [0.717, 1.165) is 51.2 Å². The van der Waals surface area contributed by atoms with E-state index in [-0.39, 0.29) is 30.9 Å². The highest BCUT2D eigenvalue weighted by molar-refractivity contribution is 5.85. The van der Waals surface area contributed by atoms with Gasteiger partial charge in [-0.15, -0.1) is 24.8 Å². The Kier molecular flexibility index (Phi) is 10.3. The minimum atomic E-state index is -4.66. The zero-order valence-corrected chi connectivity index (χ0v) is 16.0. The second kappa shape index (κ2) is 10.6. The van der Waals surface area contributed by atoms with Crippen molar-refractivity contribution in [1.82, 2.24) is 10.2 Å². The number of hydrogen-bond acceptors (Lipinski definition) is 2. The molecule has 0 bridgehead atoms. The topological polar surface area (TPSA) is 15.3 Å². The summed E-state index contributed by atoms with van der Waals surface area (Å²) in [6, 6.07) is 3.34. The number of halogens is 6. The van der Waals surface area contributed by atoms with Crippen LogP contribution in [0.2, 0.25) is 0 Å². The van der Waals surface area contributed by atoms with E-state index in [1.165, 1.54) is 6.07 Å². The first-order valence-corrected chi connectivity index (χ1v) is 8.10. The van der Waals surface area contributed by atoms with E-state index in [1.807, 2.05) is 0 Å². The Morgan fingerprint density at radius 3 is 2.20 bits per heavy atom. The number of nitrogens with one attached hydrogen (secondary N) is 1. The molecule has 1 aromatic carbocycles. The lowest BCUT2D eigenvalue weighted by atomic mass is 9.94. The molecule has 0 amide bonds. The SMILES string of the molecule is CC(C)CC[C@H](c1ccc(F)c(C(F)(F)F)c1)N1CCNCC1.Cl.Cl. The number of alkyl halides is 3. The molecule has 8 heteroatoms. The van der Waals surface area contributed by atoms with E-state index in [9.17, 15) is 17.6 Å². The molecule has 1 atom stereocenters. The first-order chi connectivity index (χ1) is 10.8. The third-order valence-electron chi connectivity index (χ3n) is 4.29. The van der Waals surface area contributed by atoms with Gasteiger partial charge < -0.3 is 5.32 Å². The van der Waals surface area contributed by atoms with Crippen molar-refractivity contribution in [2.24, 2.45) is 5.92 Å². The second-order valence-corrected chi connectivity index (χ2v) is 6.51. The molecular weight excluding hydrogens is 379 g/mol. The van der Waals surface area contributed by atoms with Crippen LogP contribution in [0.4, 0.5) is 17.6 Å². The quantitative estimate of drug-likeness (QED) is 0.689. The molecule has 1 aliphatic rings. The van der Waals surface area contributed by atoms with Crippen molar-refractivity contribution in [2.45, 2.75) is 38.9 Å². The fraction of sp³-hybridized carbons (Fsp3) is 0.647. The van der Waals surface area contributed by atoms with E-state index in [0.29, 0.717) is 11.5 Å². The predicted octanol–water partition coefficient (Wildman–Crippen LogP) is 5.07. The lowest BCUT2D eigenvalue weighted by Gasteiger charge is -2.36. The minimum Gasteiger partial charge on any atom is -0.314 e. The molecule has 1 saturated heterocycles. The lowest BCUT2D eigenvalue weighted by Crippen LogP contribution is -2.45. The molecule has 25 heavy (non-hydrogen) atoms. The average Bonchev–Trinajstić information content (AvgIpc) is 2.48. The molecule has 0 unspecified atom stereocenters. The Morgan fingerprint density at radius 1 is 1.08 bits per heavy atom. The summed E-state index contributed by atoms with van der Waals surface area (Å²) in [6.07, 6.45) is -2.96. The summed E-state index contributed by atoms with van der Waals surface area (Å²) < 4.78 is 52.5. The van der Waals surface area contributed by atoms with Crippen LogP contribution >= 0.6 is 24.8 Å². The van der Waals surface area contributed by atoms with Gasteiger partial charge in [0.2, 0.25) is 0 Å². The van der Waals surface area contributed by atoms with E-state index in [2.05, 4.69) is 24.1 Å². The number of hydrogen-bond donors (Lipinski definition) is 1. The molecule has 146 valence electrons. The van der Waals surface area contributed by atoms with E-state index in [4.69, 9.17) is 0 Å². The van der Waals surface area contributed by atoms with Crippen LogP contribution in [0.3, 0.4) is 0 Å². The van der Waals surface area contributed by atoms with Crippen molar-refractivity contribution < 1.29 is 17.6 Å². The van der Waals surface area contributed by atoms with Crippen LogP contribution in [0.5, 0.6) is 0 Å². The molecule has 2 nitrogen and oxygen atoms in total. The number of piperazine rings is 1. The van der Waals surface area contributed by atoms with Crippen molar-refractivity contribution in [3.8, 4) is 0 Å². The maximum atomic E-state index is 13.5. The van der Waals surface area contributed by atoms with Gasteiger partial charge in [0.15, 0.2) is 0 Å². The normalized spacial score (nSPS) is 16.9. The minimum absolute atomic E-state index is 0. The average molecular weight is 405 g/mol. The summed E-state index contributed by atoms with van der Waals surface area (Å²) in [6.45, 7) is 7.43. The summed E-state index contributed by atoms with van der Waals surface area (Å²) in [5, 5.41) is 3.25. The molecule has 1 aliphatic heterocycles. The third-order valence-corrected chi connectivity index (χ3v) is 4.29. The summed E-state index contributed by atoms with van der Waals surface area (Å²) in [5.41, 5.74) is -0.610. The van der Waals surface area contributed by atoms with Gasteiger partial charge in [0, 0.05) is 32.2 Å². The van der Waals surface area contributed by atoms with Gasteiger partial charge >= 0.3 is 6.18 Å². The van der Waals surface area contributed by atoms with Gasteiger partial charge in [-0.05, 0) is 36.5 Å². The molecular formula is C17H26Cl2F4N2. The molecule has 0 aromatic heterocycles. The van der Waals surface area contributed by atoms with E-state index in [1.54, 1.807) is 0 Å². The van der Waals surface area contributed by atoms with Crippen LogP contribution in [-0.2, 0) is 6.18 Å². The van der Waals surface area contributed by atoms with Gasteiger partial charge in [-0.25, -0.2) is 4.39 Å². The highest BCUT2D eigenvalue weighted by Gasteiger charge is 2.35. The summed E-state index contributed by atoms with van der Waals surface area (Å²) in [5.74, 6) is -0.730. The monoisotopic (exact) mass is 404 g/mol. The molecule has 0 saturated carbocycles. The second-order valence-electron chi connectivity index (χ2n) is 6.51. The molecule has 0 radical (unpaired) electrons. The standard InChI is InChI=1S/C17H24F4N2.2ClH/c1-12(2)3-6-16(23-9-7-22-8-10-23)13-4-5-15(18)14(11-13)17(19,20)21;;/h4-5,11-12,16,22H,3,6-10H2,1-2H3;2*1H/t16-;;/m1../s1. The molecule has 0 spiro atoms. The van der Waals surface area contributed by atoms with Gasteiger partial charge in [-0.3, -0.25) is 4.90 Å². The summed E-state index contributed by atoms with van der Waals surface area (Å²) in [7, 11) is 0. The van der Waals surface area contributed by atoms with Gasteiger partial charge in [-0.1, -0.05) is 19.9 Å². The van der Waals surface area contributed by atoms with Crippen LogP contribution in [0.15, 0.2) is 18.2 Å². The zero-order chi connectivity index (χ0) is 17.0. The van der Waals surface area contributed by atoms with E-state index < -0.39 is 17.6 Å². The fourth-order valence-corrected chi connectivity index (χ4v) is 3.01. The van der Waals surface area contributed by atoms with Gasteiger partial charge in [0.05, 0.1) is 5.56 Å². The van der Waals surface area contributed by atoms with Crippen LogP contribution in [-0.4, -0.2) is 31.1 Å². The third kappa shape index (κ3) is 6.93. The lowest BCUT2D eigenvalue weighted by molar-refractivity contribution is -0.140. The van der Waals surface area contributed by atoms with Crippen LogP contribution in [0.25, 0.3) is 0 Å². The maximum absolute atomic E-state index is 13.5. The molecule has 1 heterocycles. The van der Waals surface area contributed by atoms with Crippen molar-refractivity contribution in [2.75, 3.05) is 26.2 Å². The number of nitrogens with zero attached hydrogens (tertiary/aromatic N) is 1. The summed E-state index contributed by atoms with van der Waals surface area (Å²) in [4.78, 5) is 2.20. The van der Waals surface area contributed by atoms with Crippen LogP contribution < -0.4 is 5.32 Å². The highest BCUT2D eigenvalue weighted by Crippen LogP contribution is 2.35. The first kappa shape index (κ1) is 24.4. The molecule has 1 N–H and O–H groups in total. The van der Waals surface area contributed by atoms with Crippen molar-refractivity contribution in [3.05, 3.63) is 35.1 Å². The Balaban J connectivity index is 0.00000288. The Labute approximate surface area is 159 Å². The van der Waals surface area contributed by atoms with Crippen molar-refractivity contribution in [3.63, 3.8) is 0 Å². The number of rotatable bonds is 5. The van der Waals surface area contributed by atoms with Gasteiger partial charge in [0.1, 0.15) is 5.82 Å². The largest absolute Gasteiger partial charge is 0.419 e. The smallest absolute Gasteiger partial charge is 0.314 e. The predicted molar refractivity (Wildman–Crippen MR) is 97.2 cm³/mol. The first-order valence-electron chi connectivity index (χ1n) is 8.10. The Bertz CT molecular complexity index is 518. The number of benzene rings is 1. The van der Waals surface area contributed by atoms with Crippen molar-refractivity contribution >= 4 is 24.8 Å². The molecule has 0 aliphatic carbocycles. The molecule has 1 aromatic rings. The van der Waals surface area contributed by atoms with Crippen molar-refractivity contribution in [1.29, 1.82) is 0 Å². The van der Waals surface area contributed by atoms with E-state index >= 15 is 0 Å². The zero-order valence-electron chi connectivity index (χ0n) is 14.4. The molecule has 2 rings (SSSR count). The van der Waals surface area contributed by atoms with Gasteiger partial charge in [-0.2, -0.15) is 13.2 Å². The summed E-state index contributed by atoms with van der Waals surface area (Å²) >= 11 is 0. The molecule has 1 fully saturated rings. The Morgan fingerprint density at radius 2 is 1.68 bits per heavy atom. The Hall–Kier alpha value is -0.560. The van der Waals surface area contributed by atoms with Crippen LogP contribution in [0, 0.1) is 11.7 Å². The maximum Gasteiger partial charge on any atom is 0.419 e. The fourth-order valence-electron chi connectivity index (χ4n) is 3.01. The van der Waals surface area contributed by atoms with Crippen LogP contribution in [0.1, 0.15) is 43.9 Å². The van der Waals surface area contributed by atoms with Gasteiger partial charge in [0.25, 0.3) is 0 Å².